The second kappa shape index (κ2) is 8.04. The molecule has 0 saturated carbocycles. The molecular formula is C17H13Cl2F5N2OS. The summed E-state index contributed by atoms with van der Waals surface area (Å²) >= 11 is 11.1. The van der Waals surface area contributed by atoms with Crippen LogP contribution in [0.5, 0.6) is 0 Å². The van der Waals surface area contributed by atoms with E-state index in [0.717, 1.165) is 24.3 Å². The van der Waals surface area contributed by atoms with E-state index in [2.05, 4.69) is 9.38 Å². The van der Waals surface area contributed by atoms with Crippen LogP contribution in [0.3, 0.4) is 0 Å². The summed E-state index contributed by atoms with van der Waals surface area (Å²) in [6, 6.07) is 3.72. The molecule has 0 bridgehead atoms. The number of benzene rings is 1. The minimum absolute atomic E-state index is 0.448. The molecule has 2 rings (SSSR count). The number of nitrogens with zero attached hydrogens (tertiary/aromatic N) is 2. The minimum Gasteiger partial charge on any atom is -0.240 e. The van der Waals surface area contributed by atoms with E-state index in [-0.39, 0.29) is 0 Å². The number of hydrogen-bond acceptors (Lipinski definition) is 2. The summed E-state index contributed by atoms with van der Waals surface area (Å²) in [5, 5.41) is -1.55. The Labute approximate surface area is 170 Å². The van der Waals surface area contributed by atoms with E-state index in [1.807, 2.05) is 0 Å². The maximum absolute atomic E-state index is 14.5. The van der Waals surface area contributed by atoms with Gasteiger partial charge in [-0.15, -0.1) is 0 Å². The molecule has 1 unspecified atom stereocenters. The molecule has 1 atom stereocenters. The molecule has 1 aromatic heterocycles. The fourth-order valence-corrected chi connectivity index (χ4v) is 2.94. The number of hydrogen-bond donors (Lipinski definition) is 0. The van der Waals surface area contributed by atoms with Gasteiger partial charge in [-0.25, -0.2) is 18.0 Å². The van der Waals surface area contributed by atoms with Crippen molar-refractivity contribution in [3.05, 3.63) is 62.9 Å². The molecule has 152 valence electrons. The van der Waals surface area contributed by atoms with Crippen molar-refractivity contribution in [1.82, 2.24) is 4.98 Å². The first-order valence-corrected chi connectivity index (χ1v) is 9.48. The molecule has 0 radical (unpaired) electrons. The van der Waals surface area contributed by atoms with Gasteiger partial charge in [-0.3, -0.25) is 0 Å². The van der Waals surface area contributed by atoms with E-state index in [1.165, 1.54) is 0 Å². The number of halogens is 7. The summed E-state index contributed by atoms with van der Waals surface area (Å²) in [4.78, 5) is 3.42. The van der Waals surface area contributed by atoms with Crippen molar-refractivity contribution < 1.29 is 26.2 Å². The first-order chi connectivity index (χ1) is 12.7. The van der Waals surface area contributed by atoms with E-state index >= 15 is 0 Å². The quantitative estimate of drug-likeness (QED) is 0.322. The van der Waals surface area contributed by atoms with Gasteiger partial charge in [0, 0.05) is 5.56 Å². The molecule has 0 aliphatic carbocycles. The van der Waals surface area contributed by atoms with Crippen LogP contribution in [0.4, 0.5) is 22.0 Å². The van der Waals surface area contributed by atoms with Crippen molar-refractivity contribution in [2.45, 2.75) is 31.7 Å². The van der Waals surface area contributed by atoms with Gasteiger partial charge in [0.05, 0.1) is 15.5 Å². The number of pyridine rings is 1. The Hall–Kier alpha value is -1.58. The highest BCUT2D eigenvalue weighted by atomic mass is 35.5. The molecule has 28 heavy (non-hydrogen) atoms. The van der Waals surface area contributed by atoms with Crippen LogP contribution >= 0.6 is 23.2 Å². The predicted molar refractivity (Wildman–Crippen MR) is 99.2 cm³/mol. The Bertz CT molecular complexity index is 971. The van der Waals surface area contributed by atoms with E-state index in [1.54, 1.807) is 20.8 Å². The lowest BCUT2D eigenvalue weighted by Crippen LogP contribution is -2.22. The van der Waals surface area contributed by atoms with Gasteiger partial charge in [0.2, 0.25) is 0 Å². The van der Waals surface area contributed by atoms with Gasteiger partial charge in [-0.2, -0.15) is 17.6 Å². The zero-order valence-electron chi connectivity index (χ0n) is 14.7. The lowest BCUT2D eigenvalue weighted by Gasteiger charge is -2.17. The maximum atomic E-state index is 14.5. The molecule has 1 aromatic carbocycles. The summed E-state index contributed by atoms with van der Waals surface area (Å²) in [5.41, 5.74) is -2.80. The Morgan fingerprint density at radius 1 is 1.07 bits per heavy atom. The highest BCUT2D eigenvalue weighted by Crippen LogP contribution is 2.34. The van der Waals surface area contributed by atoms with Crippen molar-refractivity contribution in [3.63, 3.8) is 0 Å². The van der Waals surface area contributed by atoms with Crippen molar-refractivity contribution in [1.29, 1.82) is 0 Å². The molecule has 0 saturated heterocycles. The first kappa shape index (κ1) is 22.7. The largest absolute Gasteiger partial charge is 0.434 e. The summed E-state index contributed by atoms with van der Waals surface area (Å²) < 4.78 is 82.9. The zero-order valence-corrected chi connectivity index (χ0v) is 17.0. The van der Waals surface area contributed by atoms with Gasteiger partial charge in [-0.05, 0) is 45.0 Å². The highest BCUT2D eigenvalue weighted by molar-refractivity contribution is 7.85. The van der Waals surface area contributed by atoms with Crippen LogP contribution in [0, 0.1) is 11.6 Å². The number of alkyl halides is 3. The first-order valence-electron chi connectivity index (χ1n) is 7.62. The lowest BCUT2D eigenvalue weighted by molar-refractivity contribution is -0.141. The van der Waals surface area contributed by atoms with Crippen LogP contribution < -0.4 is 0 Å². The molecule has 0 amide bonds. The third-order valence-corrected chi connectivity index (χ3v) is 5.39. The maximum Gasteiger partial charge on any atom is 0.434 e. The summed E-state index contributed by atoms with van der Waals surface area (Å²) in [7, 11) is -1.99. The summed E-state index contributed by atoms with van der Waals surface area (Å²) in [6.07, 6.45) is -4.89. The third kappa shape index (κ3) is 4.87. The van der Waals surface area contributed by atoms with Gasteiger partial charge in [0.15, 0.2) is 11.5 Å². The fourth-order valence-electron chi connectivity index (χ4n) is 1.94. The van der Waals surface area contributed by atoms with Gasteiger partial charge in [-0.1, -0.05) is 23.2 Å². The van der Waals surface area contributed by atoms with E-state index in [4.69, 9.17) is 23.2 Å². The van der Waals surface area contributed by atoms with Crippen LogP contribution in [-0.4, -0.2) is 19.7 Å². The standard InChI is InChI=1S/C17H13Cl2F5N2OS/c1-16(2,3)28(27)26-14(8-4-6-10(20)12(19)13(8)21)11-7-5-9(18)15(25-11)17(22,23)24/h4-7H,1-3H3. The van der Waals surface area contributed by atoms with E-state index < -0.39 is 66.3 Å². The highest BCUT2D eigenvalue weighted by Gasteiger charge is 2.36. The third-order valence-electron chi connectivity index (χ3n) is 3.35. The van der Waals surface area contributed by atoms with Crippen molar-refractivity contribution in [2.24, 2.45) is 4.40 Å². The monoisotopic (exact) mass is 458 g/mol. The van der Waals surface area contributed by atoms with E-state index in [0.29, 0.717) is 0 Å². The Morgan fingerprint density at radius 3 is 2.21 bits per heavy atom. The minimum atomic E-state index is -4.89. The number of aromatic nitrogens is 1. The molecule has 0 fully saturated rings. The average molecular weight is 459 g/mol. The second-order valence-electron chi connectivity index (χ2n) is 6.55. The Morgan fingerprint density at radius 2 is 1.68 bits per heavy atom. The van der Waals surface area contributed by atoms with Crippen molar-refractivity contribution >= 4 is 39.9 Å². The topological polar surface area (TPSA) is 42.3 Å². The molecule has 11 heteroatoms. The van der Waals surface area contributed by atoms with Gasteiger partial charge in [0.25, 0.3) is 0 Å². The Balaban J connectivity index is 2.80. The summed E-state index contributed by atoms with van der Waals surface area (Å²) in [6.45, 7) is 4.69. The van der Waals surface area contributed by atoms with Crippen molar-refractivity contribution in [2.75, 3.05) is 0 Å². The van der Waals surface area contributed by atoms with Gasteiger partial charge >= 0.3 is 6.18 Å². The molecule has 0 aliphatic heterocycles. The van der Waals surface area contributed by atoms with Crippen LogP contribution in [0.15, 0.2) is 28.7 Å². The van der Waals surface area contributed by atoms with Gasteiger partial charge in [0.1, 0.15) is 27.5 Å². The fraction of sp³-hybridized carbons (Fsp3) is 0.294. The SMILES string of the molecule is CC(C)(C)S(=O)N=C(c1ccc(Cl)c(C(F)(F)F)n1)c1ccc(F)c(Cl)c1F. The normalized spacial score (nSPS) is 14.3. The van der Waals surface area contributed by atoms with E-state index in [9.17, 15) is 26.2 Å². The molecule has 0 N–H and O–H groups in total. The molecule has 3 nitrogen and oxygen atoms in total. The second-order valence-corrected chi connectivity index (χ2v) is 9.24. The average Bonchev–Trinajstić information content (AvgIpc) is 2.57. The molecule has 2 aromatic rings. The molecule has 1 heterocycles. The van der Waals surface area contributed by atoms with Crippen LogP contribution in [0.1, 0.15) is 37.7 Å². The van der Waals surface area contributed by atoms with Gasteiger partial charge < -0.3 is 0 Å². The summed E-state index contributed by atoms with van der Waals surface area (Å²) in [5.74, 6) is -2.34. The lowest BCUT2D eigenvalue weighted by atomic mass is 10.1. The van der Waals surface area contributed by atoms with Crippen LogP contribution in [-0.2, 0) is 17.2 Å². The molecular weight excluding hydrogens is 446 g/mol. The van der Waals surface area contributed by atoms with Crippen LogP contribution in [0.25, 0.3) is 0 Å². The van der Waals surface area contributed by atoms with Crippen molar-refractivity contribution in [3.8, 4) is 0 Å². The molecule has 0 spiro atoms. The molecule has 0 aliphatic rings. The zero-order chi connectivity index (χ0) is 21.4. The van der Waals surface area contributed by atoms with Crippen LogP contribution in [0.2, 0.25) is 10.0 Å². The number of rotatable bonds is 3. The Kier molecular flexibility index (Phi) is 6.52. The smallest absolute Gasteiger partial charge is 0.240 e. The predicted octanol–water partition coefficient (Wildman–Crippen LogP) is 5.99.